The van der Waals surface area contributed by atoms with Gasteiger partial charge in [0.1, 0.15) is 0 Å². The molecule has 0 spiro atoms. The molecule has 1 unspecified atom stereocenters. The smallest absolute Gasteiger partial charge is 0.161 e. The van der Waals surface area contributed by atoms with Crippen molar-refractivity contribution in [1.29, 1.82) is 0 Å². The van der Waals surface area contributed by atoms with Gasteiger partial charge < -0.3 is 14.8 Å². The van der Waals surface area contributed by atoms with Crippen LogP contribution in [0.15, 0.2) is 42.5 Å². The molecule has 120 valence electrons. The summed E-state index contributed by atoms with van der Waals surface area (Å²) in [6.45, 7) is 0.943. The number of hydrogen-bond donors (Lipinski definition) is 1. The Morgan fingerprint density at radius 2 is 1.78 bits per heavy atom. The van der Waals surface area contributed by atoms with Crippen LogP contribution >= 0.6 is 11.6 Å². The summed E-state index contributed by atoms with van der Waals surface area (Å²) < 4.78 is 10.8. The zero-order chi connectivity index (χ0) is 16.2. The number of methoxy groups -OCH3 is 2. The lowest BCUT2D eigenvalue weighted by Gasteiger charge is -2.26. The molecule has 1 heterocycles. The predicted octanol–water partition coefficient (Wildman–Crippen LogP) is 4.26. The van der Waals surface area contributed by atoms with E-state index in [2.05, 4.69) is 29.6 Å². The van der Waals surface area contributed by atoms with Crippen LogP contribution in [-0.4, -0.2) is 20.8 Å². The van der Waals surface area contributed by atoms with Gasteiger partial charge in [0.2, 0.25) is 0 Å². The molecular weight excluding hydrogens is 310 g/mol. The monoisotopic (exact) mass is 329 g/mol. The maximum absolute atomic E-state index is 5.93. The Balaban J connectivity index is 1.90. The van der Waals surface area contributed by atoms with E-state index in [0.29, 0.717) is 0 Å². The molecule has 2 aromatic carbocycles. The van der Waals surface area contributed by atoms with Gasteiger partial charge in [-0.2, -0.15) is 0 Å². The summed E-state index contributed by atoms with van der Waals surface area (Å²) in [5.74, 6) is 1.55. The van der Waals surface area contributed by atoms with E-state index < -0.39 is 0 Å². The number of ether oxygens (including phenoxy) is 2. The quantitative estimate of drug-likeness (QED) is 0.909. The molecule has 2 aromatic rings. The average molecular weight is 330 g/mol. The zero-order valence-corrected chi connectivity index (χ0v) is 14.1. The highest BCUT2D eigenvalue weighted by Gasteiger charge is 2.20. The summed E-state index contributed by atoms with van der Waals surface area (Å²) in [5.41, 5.74) is 3.66. The van der Waals surface area contributed by atoms with Gasteiger partial charge in [0.25, 0.3) is 0 Å². The third-order valence-corrected chi connectivity index (χ3v) is 4.34. The van der Waals surface area contributed by atoms with Crippen LogP contribution in [0, 0.1) is 0 Å². The summed E-state index contributed by atoms with van der Waals surface area (Å²) >= 11 is 5.93. The first-order chi connectivity index (χ1) is 11.2. The van der Waals surface area contributed by atoms with Crippen LogP contribution in [0.2, 0.25) is 5.02 Å². The fourth-order valence-electron chi connectivity index (χ4n) is 2.87. The largest absolute Gasteiger partial charge is 0.493 e. The van der Waals surface area contributed by atoms with E-state index in [9.17, 15) is 0 Å². The first kappa shape index (κ1) is 15.9. The van der Waals surface area contributed by atoms with Crippen molar-refractivity contribution < 1.29 is 9.47 Å². The minimum Gasteiger partial charge on any atom is -0.493 e. The van der Waals surface area contributed by atoms with Crippen LogP contribution in [0.3, 0.4) is 0 Å². The molecule has 1 atom stereocenters. The standard InChI is InChI=1S/C19H20ClNO2/c1-22-18-11-14-9-10-21-17(16(14)12-19(18)23-2)8-5-13-3-6-15(20)7-4-13/h3-8,11-12,17,21H,9-10H2,1-2H3. The highest BCUT2D eigenvalue weighted by atomic mass is 35.5. The van der Waals surface area contributed by atoms with E-state index in [1.165, 1.54) is 11.1 Å². The maximum atomic E-state index is 5.93. The highest BCUT2D eigenvalue weighted by molar-refractivity contribution is 6.30. The van der Waals surface area contributed by atoms with Crippen LogP contribution in [0.25, 0.3) is 6.08 Å². The Bertz CT molecular complexity index is 710. The van der Waals surface area contributed by atoms with Gasteiger partial charge in [0, 0.05) is 11.6 Å². The van der Waals surface area contributed by atoms with Gasteiger partial charge in [-0.25, -0.2) is 0 Å². The molecule has 0 amide bonds. The third-order valence-electron chi connectivity index (χ3n) is 4.09. The molecule has 0 aliphatic carbocycles. The topological polar surface area (TPSA) is 30.5 Å². The van der Waals surface area contributed by atoms with Gasteiger partial charge in [-0.1, -0.05) is 35.9 Å². The van der Waals surface area contributed by atoms with Gasteiger partial charge in [-0.3, -0.25) is 0 Å². The molecular formula is C19H20ClNO2. The Morgan fingerprint density at radius 3 is 2.48 bits per heavy atom. The molecule has 1 N–H and O–H groups in total. The molecule has 3 nitrogen and oxygen atoms in total. The van der Waals surface area contributed by atoms with Crippen molar-refractivity contribution in [2.45, 2.75) is 12.5 Å². The van der Waals surface area contributed by atoms with E-state index in [0.717, 1.165) is 35.1 Å². The molecule has 0 saturated heterocycles. The lowest BCUT2D eigenvalue weighted by atomic mass is 9.93. The summed E-state index contributed by atoms with van der Waals surface area (Å²) in [6.07, 6.45) is 5.27. The third kappa shape index (κ3) is 3.52. The van der Waals surface area contributed by atoms with Crippen LogP contribution in [0.5, 0.6) is 11.5 Å². The SMILES string of the molecule is COc1cc2c(cc1OC)C(C=Cc1ccc(Cl)cc1)NCC2. The molecule has 0 bridgehead atoms. The van der Waals surface area contributed by atoms with Crippen molar-refractivity contribution in [3.05, 3.63) is 64.2 Å². The molecule has 0 radical (unpaired) electrons. The Hall–Kier alpha value is -1.97. The Kier molecular flexibility index (Phi) is 4.89. The van der Waals surface area contributed by atoms with Gasteiger partial charge in [0.05, 0.1) is 20.3 Å². The summed E-state index contributed by atoms with van der Waals surface area (Å²) in [7, 11) is 3.34. The second-order valence-corrected chi connectivity index (χ2v) is 5.93. The number of fused-ring (bicyclic) bond motifs is 1. The predicted molar refractivity (Wildman–Crippen MR) is 94.5 cm³/mol. The van der Waals surface area contributed by atoms with Crippen molar-refractivity contribution in [3.63, 3.8) is 0 Å². The maximum Gasteiger partial charge on any atom is 0.161 e. The van der Waals surface area contributed by atoms with Crippen molar-refractivity contribution in [2.24, 2.45) is 0 Å². The minimum absolute atomic E-state index is 0.161. The van der Waals surface area contributed by atoms with E-state index in [4.69, 9.17) is 21.1 Å². The van der Waals surface area contributed by atoms with Gasteiger partial charge in [0.15, 0.2) is 11.5 Å². The minimum atomic E-state index is 0.161. The normalized spacial score (nSPS) is 17.1. The molecule has 0 aromatic heterocycles. The second kappa shape index (κ2) is 7.07. The molecule has 0 fully saturated rings. The molecule has 0 saturated carbocycles. The molecule has 4 heteroatoms. The summed E-state index contributed by atoms with van der Waals surface area (Å²) in [4.78, 5) is 0. The molecule has 23 heavy (non-hydrogen) atoms. The van der Waals surface area contributed by atoms with E-state index >= 15 is 0 Å². The first-order valence-corrected chi connectivity index (χ1v) is 8.01. The zero-order valence-electron chi connectivity index (χ0n) is 13.3. The highest BCUT2D eigenvalue weighted by Crippen LogP contribution is 2.35. The van der Waals surface area contributed by atoms with E-state index in [-0.39, 0.29) is 6.04 Å². The molecule has 3 rings (SSSR count). The molecule has 1 aliphatic rings. The number of halogens is 1. The van der Waals surface area contributed by atoms with Gasteiger partial charge in [-0.15, -0.1) is 0 Å². The first-order valence-electron chi connectivity index (χ1n) is 7.63. The lowest BCUT2D eigenvalue weighted by Crippen LogP contribution is -2.28. The lowest BCUT2D eigenvalue weighted by molar-refractivity contribution is 0.353. The summed E-state index contributed by atoms with van der Waals surface area (Å²) in [5, 5.41) is 4.29. The van der Waals surface area contributed by atoms with Crippen molar-refractivity contribution in [1.82, 2.24) is 5.32 Å². The van der Waals surface area contributed by atoms with Crippen molar-refractivity contribution in [2.75, 3.05) is 20.8 Å². The van der Waals surface area contributed by atoms with Gasteiger partial charge in [-0.05, 0) is 47.4 Å². The summed E-state index contributed by atoms with van der Waals surface area (Å²) in [6, 6.07) is 12.1. The Morgan fingerprint density at radius 1 is 1.09 bits per heavy atom. The van der Waals surface area contributed by atoms with Crippen molar-refractivity contribution in [3.8, 4) is 11.5 Å². The fraction of sp³-hybridized carbons (Fsp3) is 0.263. The van der Waals surface area contributed by atoms with Crippen molar-refractivity contribution >= 4 is 17.7 Å². The van der Waals surface area contributed by atoms with Crippen LogP contribution < -0.4 is 14.8 Å². The fourth-order valence-corrected chi connectivity index (χ4v) is 2.99. The van der Waals surface area contributed by atoms with E-state index in [1.807, 2.05) is 24.3 Å². The van der Waals surface area contributed by atoms with Crippen LogP contribution in [0.1, 0.15) is 22.7 Å². The van der Waals surface area contributed by atoms with Gasteiger partial charge >= 0.3 is 0 Å². The van der Waals surface area contributed by atoms with E-state index in [1.54, 1.807) is 14.2 Å². The average Bonchev–Trinajstić information content (AvgIpc) is 2.60. The number of nitrogens with one attached hydrogen (secondary N) is 1. The second-order valence-electron chi connectivity index (χ2n) is 5.50. The molecule has 1 aliphatic heterocycles. The number of rotatable bonds is 4. The Labute approximate surface area is 141 Å². The number of benzene rings is 2. The number of hydrogen-bond acceptors (Lipinski definition) is 3. The van der Waals surface area contributed by atoms with Crippen LogP contribution in [0.4, 0.5) is 0 Å². The van der Waals surface area contributed by atoms with Crippen LogP contribution in [-0.2, 0) is 6.42 Å².